The molecular formula is C25H37N5O2S. The Labute approximate surface area is 201 Å². The molecule has 0 aromatic carbocycles. The number of amides is 2. The lowest BCUT2D eigenvalue weighted by atomic mass is 10.1. The fourth-order valence-electron chi connectivity index (χ4n) is 3.80. The normalized spacial score (nSPS) is 17.4. The summed E-state index contributed by atoms with van der Waals surface area (Å²) in [5, 5.41) is 6.70. The largest absolute Gasteiger partial charge is 0.365 e. The summed E-state index contributed by atoms with van der Waals surface area (Å²) in [5.74, 6) is 0.721. The zero-order valence-corrected chi connectivity index (χ0v) is 21.9. The highest BCUT2D eigenvalue weighted by Gasteiger charge is 2.32. The number of hydrogen-bond donors (Lipinski definition) is 2. The number of aryl methyl sites for hydroxylation is 1. The second-order valence-electron chi connectivity index (χ2n) is 10.5. The summed E-state index contributed by atoms with van der Waals surface area (Å²) in [6.45, 7) is 17.1. The topological polar surface area (TPSA) is 87.2 Å². The van der Waals surface area contributed by atoms with Crippen molar-refractivity contribution in [2.24, 2.45) is 5.92 Å². The Morgan fingerprint density at radius 3 is 2.48 bits per heavy atom. The molecule has 180 valence electrons. The van der Waals surface area contributed by atoms with E-state index in [2.05, 4.69) is 62.1 Å². The zero-order valence-electron chi connectivity index (χ0n) is 21.1. The van der Waals surface area contributed by atoms with E-state index in [1.54, 1.807) is 6.20 Å². The number of hydrogen-bond acceptors (Lipinski definition) is 6. The molecule has 2 N–H and O–H groups in total. The molecule has 2 aromatic rings. The first-order valence-corrected chi connectivity index (χ1v) is 12.6. The molecule has 2 atom stereocenters. The average molecular weight is 472 g/mol. The van der Waals surface area contributed by atoms with Crippen LogP contribution in [0.15, 0.2) is 12.3 Å². The summed E-state index contributed by atoms with van der Waals surface area (Å²) in [6.07, 6.45) is 3.75. The van der Waals surface area contributed by atoms with Crippen molar-refractivity contribution in [3.8, 4) is 10.4 Å². The van der Waals surface area contributed by atoms with Crippen molar-refractivity contribution in [1.29, 1.82) is 0 Å². The predicted molar refractivity (Wildman–Crippen MR) is 135 cm³/mol. The first-order chi connectivity index (χ1) is 15.4. The average Bonchev–Trinajstić information content (AvgIpc) is 3.33. The molecular weight excluding hydrogens is 434 g/mol. The number of carbonyl (C=O) groups is 2. The number of nitrogens with one attached hydrogen (secondary N) is 2. The van der Waals surface area contributed by atoms with Gasteiger partial charge < -0.3 is 15.5 Å². The van der Waals surface area contributed by atoms with Crippen LogP contribution in [0.3, 0.4) is 0 Å². The maximum atomic E-state index is 13.5. The molecule has 0 unspecified atom stereocenters. The van der Waals surface area contributed by atoms with Gasteiger partial charge in [-0.15, -0.1) is 11.3 Å². The van der Waals surface area contributed by atoms with Crippen molar-refractivity contribution in [2.75, 3.05) is 11.9 Å². The molecule has 1 saturated heterocycles. The lowest BCUT2D eigenvalue weighted by Gasteiger charge is -2.22. The maximum absolute atomic E-state index is 13.5. The third kappa shape index (κ3) is 5.91. The van der Waals surface area contributed by atoms with E-state index in [1.807, 2.05) is 24.8 Å². The van der Waals surface area contributed by atoms with Crippen molar-refractivity contribution in [3.05, 3.63) is 28.5 Å². The van der Waals surface area contributed by atoms with Gasteiger partial charge in [-0.2, -0.15) is 0 Å². The number of anilines is 1. The van der Waals surface area contributed by atoms with Crippen LogP contribution in [-0.4, -0.2) is 50.8 Å². The fourth-order valence-corrected chi connectivity index (χ4v) is 4.83. The molecule has 0 spiro atoms. The van der Waals surface area contributed by atoms with E-state index in [0.717, 1.165) is 29.8 Å². The molecule has 0 radical (unpaired) electrons. The van der Waals surface area contributed by atoms with Gasteiger partial charge in [0.05, 0.1) is 4.88 Å². The van der Waals surface area contributed by atoms with E-state index >= 15 is 0 Å². The molecule has 0 bridgehead atoms. The molecule has 0 saturated carbocycles. The van der Waals surface area contributed by atoms with E-state index in [4.69, 9.17) is 0 Å². The summed E-state index contributed by atoms with van der Waals surface area (Å²) in [5.41, 5.74) is 2.04. The molecule has 7 nitrogen and oxygen atoms in total. The van der Waals surface area contributed by atoms with E-state index in [-0.39, 0.29) is 29.4 Å². The van der Waals surface area contributed by atoms with Gasteiger partial charge >= 0.3 is 0 Å². The van der Waals surface area contributed by atoms with Gasteiger partial charge in [0.2, 0.25) is 0 Å². The lowest BCUT2D eigenvalue weighted by molar-refractivity contribution is 0.0743. The van der Waals surface area contributed by atoms with Crippen LogP contribution in [0.25, 0.3) is 10.4 Å². The number of likely N-dealkylation sites (tertiary alicyclic amines) is 1. The highest BCUT2D eigenvalue weighted by atomic mass is 32.1. The van der Waals surface area contributed by atoms with Crippen molar-refractivity contribution in [1.82, 2.24) is 20.2 Å². The number of nitrogens with zero attached hydrogens (tertiary/aromatic N) is 3. The number of rotatable bonds is 6. The zero-order chi connectivity index (χ0) is 24.5. The minimum Gasteiger partial charge on any atom is -0.365 e. The molecule has 2 amide bonds. The van der Waals surface area contributed by atoms with E-state index < -0.39 is 0 Å². The third-order valence-corrected chi connectivity index (χ3v) is 7.14. The minimum absolute atomic E-state index is 0.00812. The summed E-state index contributed by atoms with van der Waals surface area (Å²) >= 11 is 1.26. The van der Waals surface area contributed by atoms with Crippen molar-refractivity contribution < 1.29 is 9.59 Å². The van der Waals surface area contributed by atoms with Crippen LogP contribution in [0.1, 0.15) is 87.2 Å². The van der Waals surface area contributed by atoms with Gasteiger partial charge in [-0.3, -0.25) is 9.59 Å². The Morgan fingerprint density at radius 1 is 1.24 bits per heavy atom. The van der Waals surface area contributed by atoms with Crippen molar-refractivity contribution >= 4 is 29.0 Å². The molecule has 8 heteroatoms. The van der Waals surface area contributed by atoms with Crippen LogP contribution in [0, 0.1) is 12.8 Å². The molecule has 1 aliphatic heterocycles. The molecule has 3 heterocycles. The molecule has 1 aliphatic rings. The Kier molecular flexibility index (Phi) is 7.46. The Hall–Kier alpha value is -2.48. The standard InChI is InChI=1S/C25H37N5O2S/c1-14(2)17(5)27-22(31)23-28-20(24(32)30-11-9-10-16(30)4)21(33-23)18-13-26-19(12-15(18)3)29-25(6,7)8/h12-14,16-17H,9-11H2,1-8H3,(H,26,29)(H,27,31)/t16-,17+/m0/s1. The molecule has 3 rings (SSSR count). The molecule has 1 fully saturated rings. The van der Waals surface area contributed by atoms with Gasteiger partial charge in [-0.1, -0.05) is 13.8 Å². The van der Waals surface area contributed by atoms with Gasteiger partial charge in [-0.25, -0.2) is 9.97 Å². The van der Waals surface area contributed by atoms with Crippen LogP contribution in [0.2, 0.25) is 0 Å². The predicted octanol–water partition coefficient (Wildman–Crippen LogP) is 5.12. The Bertz CT molecular complexity index is 1020. The summed E-state index contributed by atoms with van der Waals surface area (Å²) < 4.78 is 0. The first kappa shape index (κ1) is 25.1. The van der Waals surface area contributed by atoms with Crippen molar-refractivity contribution in [3.63, 3.8) is 0 Å². The number of aromatic nitrogens is 2. The SMILES string of the molecule is Cc1cc(NC(C)(C)C)ncc1-c1sc(C(=O)N[C@H](C)C(C)C)nc1C(=O)N1CCC[C@@H]1C. The van der Waals surface area contributed by atoms with Gasteiger partial charge in [0.25, 0.3) is 11.8 Å². The van der Waals surface area contributed by atoms with Crippen LogP contribution in [0.4, 0.5) is 5.82 Å². The van der Waals surface area contributed by atoms with E-state index in [1.165, 1.54) is 11.3 Å². The Balaban J connectivity index is 2.02. The molecule has 2 aromatic heterocycles. The maximum Gasteiger partial charge on any atom is 0.280 e. The second kappa shape index (κ2) is 9.79. The lowest BCUT2D eigenvalue weighted by Crippen LogP contribution is -2.36. The summed E-state index contributed by atoms with van der Waals surface area (Å²) in [7, 11) is 0. The van der Waals surface area contributed by atoms with E-state index in [0.29, 0.717) is 28.0 Å². The Morgan fingerprint density at radius 2 is 1.94 bits per heavy atom. The molecule has 0 aliphatic carbocycles. The highest BCUT2D eigenvalue weighted by Crippen LogP contribution is 2.35. The van der Waals surface area contributed by atoms with Crippen LogP contribution in [0.5, 0.6) is 0 Å². The van der Waals surface area contributed by atoms with Gasteiger partial charge in [0, 0.05) is 35.9 Å². The molecule has 33 heavy (non-hydrogen) atoms. The van der Waals surface area contributed by atoms with Crippen LogP contribution in [-0.2, 0) is 0 Å². The second-order valence-corrected chi connectivity index (χ2v) is 11.5. The summed E-state index contributed by atoms with van der Waals surface area (Å²) in [6, 6.07) is 2.16. The monoisotopic (exact) mass is 471 g/mol. The van der Waals surface area contributed by atoms with Crippen LogP contribution >= 0.6 is 11.3 Å². The highest BCUT2D eigenvalue weighted by molar-refractivity contribution is 7.17. The third-order valence-electron chi connectivity index (χ3n) is 6.06. The number of thiazole rings is 1. The van der Waals surface area contributed by atoms with Crippen LogP contribution < -0.4 is 10.6 Å². The van der Waals surface area contributed by atoms with Crippen molar-refractivity contribution in [2.45, 2.75) is 85.9 Å². The number of carbonyl (C=O) groups excluding carboxylic acids is 2. The van der Waals surface area contributed by atoms with Gasteiger partial charge in [0.1, 0.15) is 11.5 Å². The van der Waals surface area contributed by atoms with Gasteiger partial charge in [0.15, 0.2) is 5.01 Å². The van der Waals surface area contributed by atoms with E-state index in [9.17, 15) is 9.59 Å². The fraction of sp³-hybridized carbons (Fsp3) is 0.600. The minimum atomic E-state index is -0.243. The smallest absolute Gasteiger partial charge is 0.280 e. The summed E-state index contributed by atoms with van der Waals surface area (Å²) in [4.78, 5) is 38.2. The first-order valence-electron chi connectivity index (χ1n) is 11.7. The van der Waals surface area contributed by atoms with Gasteiger partial charge in [-0.05, 0) is 71.9 Å². The quantitative estimate of drug-likeness (QED) is 0.610. The number of pyridine rings is 1.